The predicted octanol–water partition coefficient (Wildman–Crippen LogP) is 1.85. The molecular formula is C27H30N4O6. The van der Waals surface area contributed by atoms with Crippen LogP contribution in [0.2, 0.25) is 0 Å². The Bertz CT molecular complexity index is 1210. The van der Waals surface area contributed by atoms with E-state index in [4.69, 9.17) is 9.47 Å². The zero-order valence-electron chi connectivity index (χ0n) is 20.8. The van der Waals surface area contributed by atoms with Crippen molar-refractivity contribution in [3.05, 3.63) is 53.2 Å². The van der Waals surface area contributed by atoms with Gasteiger partial charge in [-0.15, -0.1) is 0 Å². The van der Waals surface area contributed by atoms with E-state index in [1.54, 1.807) is 31.5 Å². The van der Waals surface area contributed by atoms with Crippen molar-refractivity contribution < 1.29 is 28.7 Å². The number of nitrogens with one attached hydrogen (secondary N) is 1. The van der Waals surface area contributed by atoms with Crippen molar-refractivity contribution in [3.63, 3.8) is 0 Å². The standard InChI is InChI=1S/C27H30N4O6/c1-36-24-10-5-17(14-28-24)12-25(33)30-11-3-2-4-19(30)16-37-20-6-7-21-18(13-20)15-31(27(21)35)22-8-9-23(32)29-26(22)34/h5-7,10,13-14,19,22H,2-4,8-9,11-12,15-16H2,1H3,(H,29,32,34)/t19-,22?/m0/s1. The number of carbonyl (C=O) groups is 4. The number of benzene rings is 1. The van der Waals surface area contributed by atoms with Gasteiger partial charge >= 0.3 is 0 Å². The van der Waals surface area contributed by atoms with Gasteiger partial charge in [-0.1, -0.05) is 6.07 Å². The summed E-state index contributed by atoms with van der Waals surface area (Å²) in [6.07, 6.45) is 5.32. The van der Waals surface area contributed by atoms with Crippen LogP contribution in [0.5, 0.6) is 11.6 Å². The van der Waals surface area contributed by atoms with Gasteiger partial charge in [0.05, 0.1) is 19.6 Å². The third kappa shape index (κ3) is 5.28. The summed E-state index contributed by atoms with van der Waals surface area (Å²) in [5.41, 5.74) is 2.16. The average molecular weight is 507 g/mol. The topological polar surface area (TPSA) is 118 Å². The number of hydrogen-bond acceptors (Lipinski definition) is 7. The van der Waals surface area contributed by atoms with Crippen LogP contribution in [0.15, 0.2) is 36.5 Å². The van der Waals surface area contributed by atoms with Crippen molar-refractivity contribution in [3.8, 4) is 11.6 Å². The second-order valence-corrected chi connectivity index (χ2v) is 9.65. The van der Waals surface area contributed by atoms with Gasteiger partial charge < -0.3 is 19.3 Å². The molecule has 2 aromatic rings. The Morgan fingerprint density at radius 2 is 2.00 bits per heavy atom. The number of carbonyl (C=O) groups excluding carboxylic acids is 4. The molecule has 0 saturated carbocycles. The number of ether oxygens (including phenoxy) is 2. The maximum atomic E-state index is 13.1. The van der Waals surface area contributed by atoms with Gasteiger partial charge in [0.1, 0.15) is 18.4 Å². The molecule has 2 saturated heterocycles. The van der Waals surface area contributed by atoms with Crippen LogP contribution in [0.1, 0.15) is 53.6 Å². The maximum absolute atomic E-state index is 13.1. The van der Waals surface area contributed by atoms with Crippen LogP contribution >= 0.6 is 0 Å². The van der Waals surface area contributed by atoms with Crippen molar-refractivity contribution in [2.24, 2.45) is 0 Å². The molecule has 1 unspecified atom stereocenters. The molecule has 3 aliphatic rings. The van der Waals surface area contributed by atoms with E-state index >= 15 is 0 Å². The van der Waals surface area contributed by atoms with Gasteiger partial charge in [0.2, 0.25) is 23.6 Å². The molecule has 5 rings (SSSR count). The van der Waals surface area contributed by atoms with E-state index in [1.807, 2.05) is 17.0 Å². The molecule has 0 radical (unpaired) electrons. The van der Waals surface area contributed by atoms with Crippen molar-refractivity contribution in [1.82, 2.24) is 20.1 Å². The molecule has 2 atom stereocenters. The number of methoxy groups -OCH3 is 1. The van der Waals surface area contributed by atoms with Crippen LogP contribution in [0.4, 0.5) is 0 Å². The minimum atomic E-state index is -0.648. The first-order valence-electron chi connectivity index (χ1n) is 12.6. The molecule has 3 aliphatic heterocycles. The molecular weight excluding hydrogens is 476 g/mol. The number of fused-ring (bicyclic) bond motifs is 1. The zero-order chi connectivity index (χ0) is 25.9. The van der Waals surface area contributed by atoms with Gasteiger partial charge in [0.25, 0.3) is 5.91 Å². The third-order valence-corrected chi connectivity index (χ3v) is 7.25. The third-order valence-electron chi connectivity index (χ3n) is 7.25. The molecule has 1 aromatic heterocycles. The molecule has 4 amide bonds. The van der Waals surface area contributed by atoms with Crippen molar-refractivity contribution in [1.29, 1.82) is 0 Å². The highest BCUT2D eigenvalue weighted by molar-refractivity contribution is 6.05. The quantitative estimate of drug-likeness (QED) is 0.570. The Hall–Kier alpha value is -3.95. The first-order chi connectivity index (χ1) is 17.9. The van der Waals surface area contributed by atoms with Gasteiger partial charge in [-0.25, -0.2) is 4.98 Å². The summed E-state index contributed by atoms with van der Waals surface area (Å²) < 4.78 is 11.2. The highest BCUT2D eigenvalue weighted by Crippen LogP contribution is 2.30. The number of aromatic nitrogens is 1. The Kier molecular flexibility index (Phi) is 7.07. The monoisotopic (exact) mass is 506 g/mol. The molecule has 2 fully saturated rings. The number of likely N-dealkylation sites (tertiary alicyclic amines) is 1. The lowest BCUT2D eigenvalue weighted by atomic mass is 10.0. The SMILES string of the molecule is COc1ccc(CC(=O)N2CCCC[C@H]2COc2ccc3c(c2)CN(C2CCC(=O)NC2=O)C3=O)cn1. The summed E-state index contributed by atoms with van der Waals surface area (Å²) in [5, 5.41) is 2.32. The van der Waals surface area contributed by atoms with E-state index in [9.17, 15) is 19.2 Å². The minimum Gasteiger partial charge on any atom is -0.491 e. The van der Waals surface area contributed by atoms with Gasteiger partial charge in [-0.3, -0.25) is 24.5 Å². The molecule has 1 aromatic carbocycles. The minimum absolute atomic E-state index is 0.0395. The molecule has 10 heteroatoms. The predicted molar refractivity (Wildman–Crippen MR) is 132 cm³/mol. The van der Waals surface area contributed by atoms with Crippen LogP contribution < -0.4 is 14.8 Å². The molecule has 194 valence electrons. The number of hydrogen-bond donors (Lipinski definition) is 1. The smallest absolute Gasteiger partial charge is 0.255 e. The Balaban J connectivity index is 1.21. The molecule has 4 heterocycles. The molecule has 0 aliphatic carbocycles. The van der Waals surface area contributed by atoms with Crippen LogP contribution in [0, 0.1) is 0 Å². The first-order valence-corrected chi connectivity index (χ1v) is 12.6. The number of rotatable bonds is 7. The number of imide groups is 1. The van der Waals surface area contributed by atoms with E-state index in [0.29, 0.717) is 43.3 Å². The Morgan fingerprint density at radius 1 is 1.14 bits per heavy atom. The second-order valence-electron chi connectivity index (χ2n) is 9.65. The summed E-state index contributed by atoms with van der Waals surface area (Å²) in [5.74, 6) is 0.219. The second kappa shape index (κ2) is 10.6. The molecule has 10 nitrogen and oxygen atoms in total. The lowest BCUT2D eigenvalue weighted by molar-refractivity contribution is -0.137. The van der Waals surface area contributed by atoms with E-state index in [2.05, 4.69) is 10.3 Å². The number of pyridine rings is 1. The van der Waals surface area contributed by atoms with Gasteiger partial charge in [0, 0.05) is 37.3 Å². The maximum Gasteiger partial charge on any atom is 0.255 e. The number of amides is 4. The Labute approximate surface area is 214 Å². The van der Waals surface area contributed by atoms with Gasteiger partial charge in [0.15, 0.2) is 0 Å². The van der Waals surface area contributed by atoms with Crippen LogP contribution in [-0.2, 0) is 27.3 Å². The fourth-order valence-electron chi connectivity index (χ4n) is 5.25. The van der Waals surface area contributed by atoms with Crippen LogP contribution in [0.25, 0.3) is 0 Å². The van der Waals surface area contributed by atoms with Crippen molar-refractivity contribution >= 4 is 23.6 Å². The average Bonchev–Trinajstić information content (AvgIpc) is 3.23. The summed E-state index contributed by atoms with van der Waals surface area (Å²) in [6.45, 7) is 1.34. The van der Waals surface area contributed by atoms with Crippen molar-refractivity contribution in [2.45, 2.75) is 57.2 Å². The Morgan fingerprint density at radius 3 is 2.76 bits per heavy atom. The van der Waals surface area contributed by atoms with E-state index in [0.717, 1.165) is 30.4 Å². The number of piperidine rings is 2. The summed E-state index contributed by atoms with van der Waals surface area (Å²) in [7, 11) is 1.55. The van der Waals surface area contributed by atoms with E-state index in [-0.39, 0.29) is 36.6 Å². The van der Waals surface area contributed by atoms with Gasteiger partial charge in [-0.05, 0) is 55.0 Å². The van der Waals surface area contributed by atoms with Crippen molar-refractivity contribution in [2.75, 3.05) is 20.3 Å². The molecule has 1 N–H and O–H groups in total. The normalized spacial score (nSPS) is 21.5. The largest absolute Gasteiger partial charge is 0.491 e. The molecule has 0 bridgehead atoms. The summed E-state index contributed by atoms with van der Waals surface area (Å²) in [4.78, 5) is 57.3. The van der Waals surface area contributed by atoms with E-state index < -0.39 is 11.9 Å². The fraction of sp³-hybridized carbons (Fsp3) is 0.444. The van der Waals surface area contributed by atoms with Crippen LogP contribution in [-0.4, -0.2) is 70.8 Å². The lowest BCUT2D eigenvalue weighted by Crippen LogP contribution is -2.52. The first kappa shape index (κ1) is 24.7. The van der Waals surface area contributed by atoms with Gasteiger partial charge in [-0.2, -0.15) is 0 Å². The van der Waals surface area contributed by atoms with E-state index in [1.165, 1.54) is 4.90 Å². The highest BCUT2D eigenvalue weighted by Gasteiger charge is 2.39. The molecule has 0 spiro atoms. The summed E-state index contributed by atoms with van der Waals surface area (Å²) >= 11 is 0. The summed E-state index contributed by atoms with van der Waals surface area (Å²) in [6, 6.07) is 8.22. The van der Waals surface area contributed by atoms with Crippen LogP contribution in [0.3, 0.4) is 0 Å². The number of nitrogens with zero attached hydrogens (tertiary/aromatic N) is 3. The zero-order valence-corrected chi connectivity index (χ0v) is 20.8. The highest BCUT2D eigenvalue weighted by atomic mass is 16.5. The fourth-order valence-corrected chi connectivity index (χ4v) is 5.25. The molecule has 37 heavy (non-hydrogen) atoms. The lowest BCUT2D eigenvalue weighted by Gasteiger charge is -2.35.